The molecule has 0 radical (unpaired) electrons. The van der Waals surface area contributed by atoms with Gasteiger partial charge < -0.3 is 10.4 Å². The van der Waals surface area contributed by atoms with Gasteiger partial charge in [-0.15, -0.1) is 0 Å². The Morgan fingerprint density at radius 3 is 2.38 bits per heavy atom. The van der Waals surface area contributed by atoms with Crippen LogP contribution in [0.1, 0.15) is 25.0 Å². The molecule has 0 heterocycles. The number of aliphatic hydroxyl groups is 1. The van der Waals surface area contributed by atoms with Gasteiger partial charge in [0.25, 0.3) is 0 Å². The zero-order valence-electron chi connectivity index (χ0n) is 9.77. The highest BCUT2D eigenvalue weighted by Gasteiger charge is 2.10. The normalized spacial score (nSPS) is 12.4. The molecule has 0 amide bonds. The molecule has 0 saturated heterocycles. The molecule has 0 spiro atoms. The Bertz CT molecular complexity index is 351. The fourth-order valence-corrected chi connectivity index (χ4v) is 1.46. The van der Waals surface area contributed by atoms with E-state index < -0.39 is 0 Å². The summed E-state index contributed by atoms with van der Waals surface area (Å²) < 4.78 is 0. The number of hydrogen-bond donors (Lipinski definition) is 2. The van der Waals surface area contributed by atoms with Crippen molar-refractivity contribution in [3.63, 3.8) is 0 Å². The molecular formula is C13H18N2O. The van der Waals surface area contributed by atoms with Crippen LogP contribution < -0.4 is 5.32 Å². The minimum absolute atomic E-state index is 0.121. The molecule has 0 unspecified atom stereocenters. The number of nitrogens with zero attached hydrogens (tertiary/aromatic N) is 1. The highest BCUT2D eigenvalue weighted by atomic mass is 16.3. The number of benzene rings is 1. The molecule has 1 atom stereocenters. The van der Waals surface area contributed by atoms with Gasteiger partial charge in [-0.1, -0.05) is 26.0 Å². The summed E-state index contributed by atoms with van der Waals surface area (Å²) in [6.07, 6.45) is 0. The molecule has 16 heavy (non-hydrogen) atoms. The van der Waals surface area contributed by atoms with Gasteiger partial charge in [-0.3, -0.25) is 0 Å². The third kappa shape index (κ3) is 3.65. The second-order valence-corrected chi connectivity index (χ2v) is 4.22. The van der Waals surface area contributed by atoms with E-state index in [4.69, 9.17) is 10.4 Å². The van der Waals surface area contributed by atoms with Gasteiger partial charge in [0.2, 0.25) is 0 Å². The van der Waals surface area contributed by atoms with E-state index >= 15 is 0 Å². The van der Waals surface area contributed by atoms with Crippen molar-refractivity contribution in [2.45, 2.75) is 26.4 Å². The van der Waals surface area contributed by atoms with E-state index in [0.717, 1.165) is 12.1 Å². The average Bonchev–Trinajstić information content (AvgIpc) is 2.30. The molecule has 0 aliphatic heterocycles. The zero-order valence-corrected chi connectivity index (χ0v) is 9.77. The second kappa shape index (κ2) is 6.26. The van der Waals surface area contributed by atoms with Crippen LogP contribution in [0.25, 0.3) is 0 Å². The average molecular weight is 218 g/mol. The summed E-state index contributed by atoms with van der Waals surface area (Å²) >= 11 is 0. The molecular weight excluding hydrogens is 200 g/mol. The minimum Gasteiger partial charge on any atom is -0.395 e. The van der Waals surface area contributed by atoms with E-state index in [1.165, 1.54) is 0 Å². The minimum atomic E-state index is 0.121. The first-order valence-electron chi connectivity index (χ1n) is 5.50. The van der Waals surface area contributed by atoms with Gasteiger partial charge in [-0.05, 0) is 23.6 Å². The largest absolute Gasteiger partial charge is 0.395 e. The number of nitriles is 1. The molecule has 1 aromatic rings. The third-order valence-electron chi connectivity index (χ3n) is 2.65. The van der Waals surface area contributed by atoms with Crippen LogP contribution in [0.5, 0.6) is 0 Å². The van der Waals surface area contributed by atoms with Gasteiger partial charge in [0, 0.05) is 12.6 Å². The van der Waals surface area contributed by atoms with Crippen LogP contribution in [-0.4, -0.2) is 17.8 Å². The maximum Gasteiger partial charge on any atom is 0.0991 e. The summed E-state index contributed by atoms with van der Waals surface area (Å²) in [7, 11) is 0. The van der Waals surface area contributed by atoms with Gasteiger partial charge in [-0.25, -0.2) is 0 Å². The fraction of sp³-hybridized carbons (Fsp3) is 0.462. The van der Waals surface area contributed by atoms with E-state index in [1.807, 2.05) is 12.1 Å². The van der Waals surface area contributed by atoms with Gasteiger partial charge in [0.1, 0.15) is 0 Å². The summed E-state index contributed by atoms with van der Waals surface area (Å²) in [5, 5.41) is 21.1. The lowest BCUT2D eigenvalue weighted by Gasteiger charge is -2.19. The number of nitrogens with one attached hydrogen (secondary N) is 1. The van der Waals surface area contributed by atoms with Crippen LogP contribution in [0, 0.1) is 17.2 Å². The Labute approximate surface area is 96.7 Å². The molecule has 1 rings (SSSR count). The van der Waals surface area contributed by atoms with Crippen LogP contribution in [0.2, 0.25) is 0 Å². The maximum atomic E-state index is 9.15. The summed E-state index contributed by atoms with van der Waals surface area (Å²) in [6, 6.07) is 9.68. The standard InChI is InChI=1S/C13H18N2O/c1-10(2)13(9-16)15-8-12-5-3-11(7-14)4-6-12/h3-6,10,13,15-16H,8-9H2,1-2H3/t13-/m1/s1. The fourth-order valence-electron chi connectivity index (χ4n) is 1.46. The molecule has 0 saturated carbocycles. The second-order valence-electron chi connectivity index (χ2n) is 4.22. The Hall–Kier alpha value is -1.37. The first-order chi connectivity index (χ1) is 7.67. The topological polar surface area (TPSA) is 56.0 Å². The summed E-state index contributed by atoms with van der Waals surface area (Å²) in [6.45, 7) is 5.02. The van der Waals surface area contributed by atoms with E-state index in [-0.39, 0.29) is 12.6 Å². The molecule has 0 aliphatic rings. The van der Waals surface area contributed by atoms with Crippen molar-refractivity contribution < 1.29 is 5.11 Å². The third-order valence-corrected chi connectivity index (χ3v) is 2.65. The van der Waals surface area contributed by atoms with Crippen molar-refractivity contribution in [3.05, 3.63) is 35.4 Å². The van der Waals surface area contributed by atoms with Crippen molar-refractivity contribution >= 4 is 0 Å². The van der Waals surface area contributed by atoms with E-state index in [9.17, 15) is 0 Å². The molecule has 0 aliphatic carbocycles. The predicted octanol–water partition coefficient (Wildman–Crippen LogP) is 1.66. The van der Waals surface area contributed by atoms with E-state index in [1.54, 1.807) is 12.1 Å². The highest BCUT2D eigenvalue weighted by Crippen LogP contribution is 2.05. The first kappa shape index (κ1) is 12.7. The maximum absolute atomic E-state index is 9.15. The molecule has 0 fully saturated rings. The monoisotopic (exact) mass is 218 g/mol. The number of rotatable bonds is 5. The Kier molecular flexibility index (Phi) is 4.97. The van der Waals surface area contributed by atoms with E-state index in [2.05, 4.69) is 25.2 Å². The van der Waals surface area contributed by atoms with Crippen molar-refractivity contribution in [3.8, 4) is 6.07 Å². The Morgan fingerprint density at radius 2 is 1.94 bits per heavy atom. The van der Waals surface area contributed by atoms with Crippen LogP contribution >= 0.6 is 0 Å². The molecule has 0 aromatic heterocycles. The highest BCUT2D eigenvalue weighted by molar-refractivity contribution is 5.31. The lowest BCUT2D eigenvalue weighted by Crippen LogP contribution is -2.36. The van der Waals surface area contributed by atoms with Crippen molar-refractivity contribution in [1.82, 2.24) is 5.32 Å². The molecule has 86 valence electrons. The molecule has 3 nitrogen and oxygen atoms in total. The molecule has 2 N–H and O–H groups in total. The predicted molar refractivity (Wildman–Crippen MR) is 63.7 cm³/mol. The summed E-state index contributed by atoms with van der Waals surface area (Å²) in [5.41, 5.74) is 1.80. The Balaban J connectivity index is 2.51. The summed E-state index contributed by atoms with van der Waals surface area (Å²) in [5.74, 6) is 0.406. The smallest absolute Gasteiger partial charge is 0.0991 e. The van der Waals surface area contributed by atoms with Crippen LogP contribution in [-0.2, 0) is 6.54 Å². The lowest BCUT2D eigenvalue weighted by molar-refractivity contribution is 0.210. The number of hydrogen-bond acceptors (Lipinski definition) is 3. The molecule has 1 aromatic carbocycles. The SMILES string of the molecule is CC(C)[C@@H](CO)NCc1ccc(C#N)cc1. The lowest BCUT2D eigenvalue weighted by atomic mass is 10.0. The zero-order chi connectivity index (χ0) is 12.0. The van der Waals surface area contributed by atoms with Gasteiger partial charge in [0.15, 0.2) is 0 Å². The van der Waals surface area contributed by atoms with Crippen molar-refractivity contribution in [2.24, 2.45) is 5.92 Å². The van der Waals surface area contributed by atoms with Crippen molar-refractivity contribution in [1.29, 1.82) is 5.26 Å². The number of aliphatic hydroxyl groups excluding tert-OH is 1. The van der Waals surface area contributed by atoms with Gasteiger partial charge in [0.05, 0.1) is 18.2 Å². The Morgan fingerprint density at radius 1 is 1.31 bits per heavy atom. The molecule has 3 heteroatoms. The van der Waals surface area contributed by atoms with Crippen LogP contribution in [0.4, 0.5) is 0 Å². The quantitative estimate of drug-likeness (QED) is 0.790. The summed E-state index contributed by atoms with van der Waals surface area (Å²) in [4.78, 5) is 0. The first-order valence-corrected chi connectivity index (χ1v) is 5.50. The van der Waals surface area contributed by atoms with Crippen LogP contribution in [0.15, 0.2) is 24.3 Å². The van der Waals surface area contributed by atoms with Gasteiger partial charge in [-0.2, -0.15) is 5.26 Å². The van der Waals surface area contributed by atoms with Gasteiger partial charge >= 0.3 is 0 Å². The van der Waals surface area contributed by atoms with E-state index in [0.29, 0.717) is 11.5 Å². The van der Waals surface area contributed by atoms with Crippen LogP contribution in [0.3, 0.4) is 0 Å². The van der Waals surface area contributed by atoms with Crippen molar-refractivity contribution in [2.75, 3.05) is 6.61 Å². The molecule has 0 bridgehead atoms.